The van der Waals surface area contributed by atoms with Gasteiger partial charge >= 0.3 is 0 Å². The summed E-state index contributed by atoms with van der Waals surface area (Å²) in [6.45, 7) is 12.0. The number of Topliss-reactive ketones (excluding diaryl/α,β-unsaturated/α-hetero) is 1. The van der Waals surface area contributed by atoms with Crippen molar-refractivity contribution in [2.24, 2.45) is 10.4 Å². The molecule has 0 bridgehead atoms. The number of hydrogen-bond donors (Lipinski definition) is 0. The monoisotopic (exact) mass is 357 g/mol. The van der Waals surface area contributed by atoms with E-state index < -0.39 is 0 Å². The maximum absolute atomic E-state index is 13.4. The number of ketones is 1. The molecule has 2 heteroatoms. The number of carbonyl (C=O) groups is 1. The molecule has 0 aromatic heterocycles. The largest absolute Gasteiger partial charge is 0.297 e. The normalized spacial score (nSPS) is 18.9. The predicted molar refractivity (Wildman–Crippen MR) is 115 cm³/mol. The Hall–Kier alpha value is -2.74. The first-order valence-corrected chi connectivity index (χ1v) is 9.47. The number of rotatable bonds is 5. The molecule has 0 saturated carbocycles. The summed E-state index contributed by atoms with van der Waals surface area (Å²) in [7, 11) is 1.73. The molecule has 0 amide bonds. The van der Waals surface area contributed by atoms with E-state index in [1.807, 2.05) is 30.4 Å². The molecule has 2 aliphatic rings. The van der Waals surface area contributed by atoms with Gasteiger partial charge in [0.25, 0.3) is 0 Å². The van der Waals surface area contributed by atoms with Crippen LogP contribution >= 0.6 is 0 Å². The van der Waals surface area contributed by atoms with E-state index in [2.05, 4.69) is 36.9 Å². The SMILES string of the molecule is C=CC1=C(C=C)CCC2(CC1)Cc1ccc(C(=C)/C=C\C=NC)cc1C2=O. The highest BCUT2D eigenvalue weighted by Crippen LogP contribution is 2.48. The Morgan fingerprint density at radius 2 is 1.81 bits per heavy atom. The highest BCUT2D eigenvalue weighted by molar-refractivity contribution is 6.05. The summed E-state index contributed by atoms with van der Waals surface area (Å²) in [5.41, 5.74) is 6.10. The second-order valence-corrected chi connectivity index (χ2v) is 7.41. The van der Waals surface area contributed by atoms with Crippen molar-refractivity contribution in [1.82, 2.24) is 0 Å². The molecular weight excluding hydrogens is 330 g/mol. The van der Waals surface area contributed by atoms with Crippen molar-refractivity contribution in [3.8, 4) is 0 Å². The van der Waals surface area contributed by atoms with Crippen molar-refractivity contribution in [2.45, 2.75) is 32.1 Å². The lowest BCUT2D eigenvalue weighted by atomic mass is 9.76. The van der Waals surface area contributed by atoms with Gasteiger partial charge in [-0.1, -0.05) is 50.1 Å². The van der Waals surface area contributed by atoms with Crippen LogP contribution in [0.2, 0.25) is 0 Å². The Labute approximate surface area is 162 Å². The van der Waals surface area contributed by atoms with E-state index in [4.69, 9.17) is 0 Å². The topological polar surface area (TPSA) is 29.4 Å². The summed E-state index contributed by atoms with van der Waals surface area (Å²) in [4.78, 5) is 17.4. The van der Waals surface area contributed by atoms with Gasteiger partial charge in [-0.2, -0.15) is 0 Å². The van der Waals surface area contributed by atoms with E-state index in [0.717, 1.165) is 54.4 Å². The van der Waals surface area contributed by atoms with Crippen LogP contribution in [-0.2, 0) is 6.42 Å². The van der Waals surface area contributed by atoms with Gasteiger partial charge < -0.3 is 0 Å². The van der Waals surface area contributed by atoms with E-state index in [9.17, 15) is 4.79 Å². The zero-order chi connectivity index (χ0) is 19.4. The first-order chi connectivity index (χ1) is 13.0. The van der Waals surface area contributed by atoms with Gasteiger partial charge in [-0.15, -0.1) is 0 Å². The van der Waals surface area contributed by atoms with Crippen LogP contribution in [0, 0.1) is 5.41 Å². The number of fused-ring (bicyclic) bond motifs is 1. The molecule has 0 saturated heterocycles. The molecule has 0 fully saturated rings. The summed E-state index contributed by atoms with van der Waals surface area (Å²) in [5.74, 6) is 0.292. The van der Waals surface area contributed by atoms with Gasteiger partial charge in [0, 0.05) is 24.2 Å². The van der Waals surface area contributed by atoms with Crippen LogP contribution in [0.1, 0.15) is 47.2 Å². The second-order valence-electron chi connectivity index (χ2n) is 7.41. The summed E-state index contributed by atoms with van der Waals surface area (Å²) >= 11 is 0. The zero-order valence-corrected chi connectivity index (χ0v) is 16.1. The minimum Gasteiger partial charge on any atom is -0.297 e. The van der Waals surface area contributed by atoms with Crippen molar-refractivity contribution in [2.75, 3.05) is 7.05 Å². The fourth-order valence-corrected chi connectivity index (χ4v) is 4.28. The van der Waals surface area contributed by atoms with Crippen molar-refractivity contribution in [3.63, 3.8) is 0 Å². The Bertz CT molecular complexity index is 873. The second kappa shape index (κ2) is 7.87. The summed E-state index contributed by atoms with van der Waals surface area (Å²) < 4.78 is 0. The molecule has 0 atom stereocenters. The molecule has 0 aliphatic heterocycles. The molecule has 138 valence electrons. The number of benzene rings is 1. The lowest BCUT2D eigenvalue weighted by Crippen LogP contribution is -2.27. The van der Waals surface area contributed by atoms with Crippen LogP contribution < -0.4 is 0 Å². The van der Waals surface area contributed by atoms with Gasteiger partial charge in [0.05, 0.1) is 0 Å². The van der Waals surface area contributed by atoms with Gasteiger partial charge in [-0.05, 0) is 72.1 Å². The first kappa shape index (κ1) is 19.0. The third-order valence-electron chi connectivity index (χ3n) is 5.92. The van der Waals surface area contributed by atoms with E-state index in [-0.39, 0.29) is 5.41 Å². The quantitative estimate of drug-likeness (QED) is 0.475. The molecule has 27 heavy (non-hydrogen) atoms. The molecule has 1 spiro atoms. The fraction of sp³-hybridized carbons (Fsp3) is 0.280. The summed E-state index contributed by atoms with van der Waals surface area (Å²) in [6.07, 6.45) is 13.7. The standard InChI is InChI=1S/C25H27NO/c1-5-19-11-13-25(14-12-20(19)6-2)17-22-10-9-21(16-23(22)24(25)27)18(3)8-7-15-26-4/h5-10,15-16H,1-3,11-14,17H2,4H3/b8-7-,26-15?. The van der Waals surface area contributed by atoms with Crippen LogP contribution in [0.5, 0.6) is 0 Å². The Morgan fingerprint density at radius 3 is 2.41 bits per heavy atom. The lowest BCUT2D eigenvalue weighted by molar-refractivity contribution is 0.0794. The molecule has 1 aromatic carbocycles. The average molecular weight is 357 g/mol. The smallest absolute Gasteiger partial charge is 0.169 e. The first-order valence-electron chi connectivity index (χ1n) is 9.47. The van der Waals surface area contributed by atoms with E-state index in [0.29, 0.717) is 5.78 Å². The van der Waals surface area contributed by atoms with Gasteiger partial charge in [0.15, 0.2) is 5.78 Å². The summed E-state index contributed by atoms with van der Waals surface area (Å²) in [5, 5.41) is 0. The van der Waals surface area contributed by atoms with Crippen molar-refractivity contribution < 1.29 is 4.79 Å². The number of nitrogens with zero attached hydrogens (tertiary/aromatic N) is 1. The van der Waals surface area contributed by atoms with E-state index >= 15 is 0 Å². The highest BCUT2D eigenvalue weighted by Gasteiger charge is 2.45. The third-order valence-corrected chi connectivity index (χ3v) is 5.92. The van der Waals surface area contributed by atoms with Crippen molar-refractivity contribution >= 4 is 17.6 Å². The third kappa shape index (κ3) is 3.57. The minimum absolute atomic E-state index is 0.286. The van der Waals surface area contributed by atoms with E-state index in [1.165, 1.54) is 11.1 Å². The van der Waals surface area contributed by atoms with Gasteiger partial charge in [0.2, 0.25) is 0 Å². The molecule has 0 heterocycles. The van der Waals surface area contributed by atoms with Crippen LogP contribution in [-0.4, -0.2) is 19.0 Å². The Morgan fingerprint density at radius 1 is 1.15 bits per heavy atom. The van der Waals surface area contributed by atoms with Crippen molar-refractivity contribution in [3.05, 3.63) is 90.1 Å². The number of allylic oxidation sites excluding steroid dienone is 7. The molecule has 0 unspecified atom stereocenters. The van der Waals surface area contributed by atoms with Crippen LogP contribution in [0.4, 0.5) is 0 Å². The molecule has 1 aromatic rings. The Kier molecular flexibility index (Phi) is 5.55. The summed E-state index contributed by atoms with van der Waals surface area (Å²) in [6, 6.07) is 6.19. The average Bonchev–Trinajstić information content (AvgIpc) is 2.84. The van der Waals surface area contributed by atoms with Gasteiger partial charge in [-0.25, -0.2) is 0 Å². The van der Waals surface area contributed by atoms with E-state index in [1.54, 1.807) is 13.3 Å². The minimum atomic E-state index is -0.286. The number of hydrogen-bond acceptors (Lipinski definition) is 2. The molecule has 0 N–H and O–H groups in total. The highest BCUT2D eigenvalue weighted by atomic mass is 16.1. The van der Waals surface area contributed by atoms with Crippen LogP contribution in [0.3, 0.4) is 0 Å². The predicted octanol–water partition coefficient (Wildman–Crippen LogP) is 5.92. The zero-order valence-electron chi connectivity index (χ0n) is 16.1. The fourth-order valence-electron chi connectivity index (χ4n) is 4.28. The van der Waals surface area contributed by atoms with Gasteiger partial charge in [0.1, 0.15) is 0 Å². The number of carbonyl (C=O) groups excluding carboxylic acids is 1. The molecular formula is C25H27NO. The molecule has 2 aliphatic carbocycles. The Balaban J connectivity index is 1.87. The molecule has 0 radical (unpaired) electrons. The van der Waals surface area contributed by atoms with Crippen LogP contribution in [0.15, 0.2) is 78.4 Å². The maximum Gasteiger partial charge on any atom is 0.169 e. The molecule has 3 rings (SSSR count). The molecule has 2 nitrogen and oxygen atoms in total. The van der Waals surface area contributed by atoms with Crippen LogP contribution in [0.25, 0.3) is 5.57 Å². The van der Waals surface area contributed by atoms with Crippen molar-refractivity contribution in [1.29, 1.82) is 0 Å². The lowest BCUT2D eigenvalue weighted by Gasteiger charge is -2.25. The van der Waals surface area contributed by atoms with Gasteiger partial charge in [-0.3, -0.25) is 9.79 Å². The number of aliphatic imine (C=N–C) groups is 1. The maximum atomic E-state index is 13.4.